The number of nitrogens with zero attached hydrogens (tertiary/aromatic N) is 5. The van der Waals surface area contributed by atoms with E-state index in [0.29, 0.717) is 23.9 Å². The minimum atomic E-state index is 0.0953. The number of aromatic nitrogens is 4. The second-order valence-electron chi connectivity index (χ2n) is 8.47. The van der Waals surface area contributed by atoms with E-state index in [0.717, 1.165) is 51.5 Å². The molecule has 4 heterocycles. The highest BCUT2D eigenvalue weighted by molar-refractivity contribution is 7.14. The van der Waals surface area contributed by atoms with Crippen molar-refractivity contribution in [1.29, 1.82) is 0 Å². The Morgan fingerprint density at radius 3 is 2.80 bits per heavy atom. The second kappa shape index (κ2) is 8.90. The maximum atomic E-state index is 13.1. The van der Waals surface area contributed by atoms with Crippen molar-refractivity contribution in [2.24, 2.45) is 0 Å². The molecule has 1 saturated heterocycles. The molecule has 35 heavy (non-hydrogen) atoms. The van der Waals surface area contributed by atoms with E-state index in [1.165, 1.54) is 0 Å². The number of thiazole rings is 1. The molecule has 0 atom stereocenters. The number of imidazole rings is 1. The van der Waals surface area contributed by atoms with Crippen LogP contribution in [0.1, 0.15) is 0 Å². The third kappa shape index (κ3) is 4.00. The highest BCUT2D eigenvalue weighted by atomic mass is 35.5. The van der Waals surface area contributed by atoms with Crippen LogP contribution in [0.4, 0.5) is 5.00 Å². The standard InChI is InChI=1S/C25H23ClN6O2S/c1-34-21-13-20-16(12-17(21)26)6-7-32(20)14-22(33)30-8-10-31(11-9-30)25-23(27-15-35-25)24-28-18-4-2-3-5-19(18)29-24/h2-7,12-13,15H,8-11,14H2,1H3,(H,28,29). The third-order valence-electron chi connectivity index (χ3n) is 6.43. The van der Waals surface area contributed by atoms with Crippen LogP contribution in [0.2, 0.25) is 5.02 Å². The molecule has 0 aliphatic carbocycles. The van der Waals surface area contributed by atoms with Gasteiger partial charge in [0.25, 0.3) is 0 Å². The van der Waals surface area contributed by atoms with Crippen LogP contribution in [-0.2, 0) is 11.3 Å². The Kier molecular flexibility index (Phi) is 5.58. The van der Waals surface area contributed by atoms with Gasteiger partial charge < -0.3 is 24.1 Å². The Morgan fingerprint density at radius 1 is 1.17 bits per heavy atom. The van der Waals surface area contributed by atoms with Gasteiger partial charge in [0, 0.05) is 43.8 Å². The van der Waals surface area contributed by atoms with E-state index in [9.17, 15) is 4.79 Å². The number of hydrogen-bond acceptors (Lipinski definition) is 6. The Bertz CT molecular complexity index is 1500. The topological polar surface area (TPSA) is 79.3 Å². The van der Waals surface area contributed by atoms with Crippen molar-refractivity contribution in [2.75, 3.05) is 38.2 Å². The molecule has 1 aliphatic heterocycles. The number of carbonyl (C=O) groups is 1. The Balaban J connectivity index is 1.15. The van der Waals surface area contributed by atoms with Crippen LogP contribution in [0.3, 0.4) is 0 Å². The number of aromatic amines is 1. The monoisotopic (exact) mass is 506 g/mol. The first kappa shape index (κ1) is 21.9. The lowest BCUT2D eigenvalue weighted by atomic mass is 10.2. The molecule has 8 nitrogen and oxygen atoms in total. The quantitative estimate of drug-likeness (QED) is 0.375. The van der Waals surface area contributed by atoms with Crippen LogP contribution in [-0.4, -0.2) is 63.6 Å². The molecule has 3 aromatic heterocycles. The number of nitrogens with one attached hydrogen (secondary N) is 1. The number of anilines is 1. The zero-order valence-electron chi connectivity index (χ0n) is 19.1. The molecule has 5 aromatic rings. The molecule has 1 fully saturated rings. The summed E-state index contributed by atoms with van der Waals surface area (Å²) in [5, 5.41) is 2.62. The Morgan fingerprint density at radius 2 is 2.00 bits per heavy atom. The van der Waals surface area contributed by atoms with Gasteiger partial charge >= 0.3 is 0 Å². The maximum Gasteiger partial charge on any atom is 0.242 e. The molecule has 1 aliphatic rings. The van der Waals surface area contributed by atoms with Crippen LogP contribution in [0.5, 0.6) is 5.75 Å². The van der Waals surface area contributed by atoms with E-state index in [-0.39, 0.29) is 12.5 Å². The second-order valence-corrected chi connectivity index (χ2v) is 9.71. The van der Waals surface area contributed by atoms with E-state index in [4.69, 9.17) is 21.3 Å². The minimum Gasteiger partial charge on any atom is -0.495 e. The van der Waals surface area contributed by atoms with Gasteiger partial charge in [-0.05, 0) is 24.3 Å². The van der Waals surface area contributed by atoms with Crippen LogP contribution in [0.25, 0.3) is 33.5 Å². The van der Waals surface area contributed by atoms with Gasteiger partial charge in [-0.25, -0.2) is 9.97 Å². The summed E-state index contributed by atoms with van der Waals surface area (Å²) in [7, 11) is 1.59. The van der Waals surface area contributed by atoms with Gasteiger partial charge in [0.2, 0.25) is 5.91 Å². The summed E-state index contributed by atoms with van der Waals surface area (Å²) in [5.74, 6) is 1.47. The van der Waals surface area contributed by atoms with E-state index in [2.05, 4.69) is 14.9 Å². The van der Waals surface area contributed by atoms with Gasteiger partial charge in [0.15, 0.2) is 5.82 Å². The summed E-state index contributed by atoms with van der Waals surface area (Å²) >= 11 is 7.85. The molecular formula is C25H23ClN6O2S. The third-order valence-corrected chi connectivity index (χ3v) is 7.61. The van der Waals surface area contributed by atoms with Gasteiger partial charge in [-0.15, -0.1) is 11.3 Å². The smallest absolute Gasteiger partial charge is 0.242 e. The van der Waals surface area contributed by atoms with Gasteiger partial charge in [-0.2, -0.15) is 0 Å². The molecule has 1 N–H and O–H groups in total. The highest BCUT2D eigenvalue weighted by Gasteiger charge is 2.25. The summed E-state index contributed by atoms with van der Waals surface area (Å²) in [5.41, 5.74) is 5.56. The molecule has 6 rings (SSSR count). The lowest BCUT2D eigenvalue weighted by Crippen LogP contribution is -2.49. The molecular weight excluding hydrogens is 484 g/mol. The first-order chi connectivity index (χ1) is 17.1. The van der Waals surface area contributed by atoms with Crippen molar-refractivity contribution in [2.45, 2.75) is 6.54 Å². The van der Waals surface area contributed by atoms with Crippen LogP contribution in [0.15, 0.2) is 54.2 Å². The lowest BCUT2D eigenvalue weighted by Gasteiger charge is -2.35. The molecule has 2 aromatic carbocycles. The number of H-pyrrole nitrogens is 1. The van der Waals surface area contributed by atoms with E-state index < -0.39 is 0 Å². The normalized spacial score (nSPS) is 14.2. The van der Waals surface area contributed by atoms with Crippen LogP contribution in [0, 0.1) is 0 Å². The SMILES string of the molecule is COc1cc2c(ccn2CC(=O)N2CCN(c3scnc3-c3nc4ccccc4[nH]3)CC2)cc1Cl. The maximum absolute atomic E-state index is 13.1. The number of piperazine rings is 1. The zero-order chi connectivity index (χ0) is 23.9. The van der Waals surface area contributed by atoms with E-state index in [1.807, 2.05) is 63.6 Å². The van der Waals surface area contributed by atoms with Crippen molar-refractivity contribution in [3.05, 3.63) is 59.2 Å². The number of methoxy groups -OCH3 is 1. The number of benzene rings is 2. The average Bonchev–Trinajstić information content (AvgIpc) is 3.61. The molecule has 1 amide bonds. The van der Waals surface area contributed by atoms with Crippen molar-refractivity contribution < 1.29 is 9.53 Å². The van der Waals surface area contributed by atoms with E-state index in [1.54, 1.807) is 18.4 Å². The van der Waals surface area contributed by atoms with Crippen LogP contribution < -0.4 is 9.64 Å². The number of carbonyl (C=O) groups excluding carboxylic acids is 1. The lowest BCUT2D eigenvalue weighted by molar-refractivity contribution is -0.132. The molecule has 0 saturated carbocycles. The Hall–Kier alpha value is -3.56. The predicted octanol–water partition coefficient (Wildman–Crippen LogP) is 4.65. The summed E-state index contributed by atoms with van der Waals surface area (Å²) in [4.78, 5) is 30.0. The van der Waals surface area contributed by atoms with Crippen LogP contribution >= 0.6 is 22.9 Å². The molecule has 0 bridgehead atoms. The zero-order valence-corrected chi connectivity index (χ0v) is 20.6. The highest BCUT2D eigenvalue weighted by Crippen LogP contribution is 2.34. The molecule has 178 valence electrons. The van der Waals surface area contributed by atoms with Gasteiger partial charge in [-0.3, -0.25) is 4.79 Å². The van der Waals surface area contributed by atoms with Crippen molar-refractivity contribution in [1.82, 2.24) is 24.4 Å². The van der Waals surface area contributed by atoms with Crippen molar-refractivity contribution in [3.63, 3.8) is 0 Å². The van der Waals surface area contributed by atoms with Crippen molar-refractivity contribution >= 4 is 55.8 Å². The average molecular weight is 507 g/mol. The Labute approximate surface area is 210 Å². The largest absolute Gasteiger partial charge is 0.495 e. The van der Waals surface area contributed by atoms with Gasteiger partial charge in [0.05, 0.1) is 34.2 Å². The number of hydrogen-bond donors (Lipinski definition) is 1. The molecule has 0 spiro atoms. The number of amides is 1. The fourth-order valence-electron chi connectivity index (χ4n) is 4.58. The summed E-state index contributed by atoms with van der Waals surface area (Å²) < 4.78 is 7.30. The predicted molar refractivity (Wildman–Crippen MR) is 139 cm³/mol. The van der Waals surface area contributed by atoms with E-state index >= 15 is 0 Å². The number of fused-ring (bicyclic) bond motifs is 2. The first-order valence-corrected chi connectivity index (χ1v) is 12.6. The van der Waals surface area contributed by atoms with Gasteiger partial charge in [-0.1, -0.05) is 23.7 Å². The van der Waals surface area contributed by atoms with Gasteiger partial charge in [0.1, 0.15) is 23.0 Å². The number of halogens is 1. The first-order valence-electron chi connectivity index (χ1n) is 11.3. The molecule has 0 unspecified atom stereocenters. The minimum absolute atomic E-state index is 0.0953. The number of para-hydroxylation sites is 2. The molecule has 0 radical (unpaired) electrons. The number of ether oxygens (including phenoxy) is 1. The fraction of sp³-hybridized carbons (Fsp3) is 0.240. The fourth-order valence-corrected chi connectivity index (χ4v) is 5.68. The summed E-state index contributed by atoms with van der Waals surface area (Å²) in [6, 6.07) is 13.7. The summed E-state index contributed by atoms with van der Waals surface area (Å²) in [6.07, 6.45) is 1.92. The van der Waals surface area contributed by atoms with Crippen molar-refractivity contribution in [3.8, 4) is 17.3 Å². The molecule has 10 heteroatoms. The number of rotatable bonds is 5. The summed E-state index contributed by atoms with van der Waals surface area (Å²) in [6.45, 7) is 3.09.